The molecule has 0 unspecified atom stereocenters. The van der Waals surface area contributed by atoms with Gasteiger partial charge in [0.15, 0.2) is 0 Å². The Kier molecular flexibility index (Phi) is 8.54. The van der Waals surface area contributed by atoms with Crippen LogP contribution >= 0.6 is 0 Å². The summed E-state index contributed by atoms with van der Waals surface area (Å²) in [7, 11) is 0. The van der Waals surface area contributed by atoms with E-state index in [9.17, 15) is 4.79 Å². The summed E-state index contributed by atoms with van der Waals surface area (Å²) in [6, 6.07) is 5.38. The zero-order valence-corrected chi connectivity index (χ0v) is 13.9. The number of nitrogens with one attached hydrogen (secondary N) is 1. The van der Waals surface area contributed by atoms with Crippen LogP contribution in [-0.4, -0.2) is 31.8 Å². The van der Waals surface area contributed by atoms with Crippen LogP contribution in [0.15, 0.2) is 36.9 Å². The lowest BCUT2D eigenvalue weighted by Crippen LogP contribution is -2.23. The average Bonchev–Trinajstić information content (AvgIpc) is 2.51. The molecule has 1 amide bonds. The standard InChI is InChI=1S/C18H26N2O3/c1-4-11-23-17-8-6-15(13-16(17)19)7-9-18(21)20-10-5-12-22-14(2)3/h4,6-9,13-14H,1,5,10-12,19H2,2-3H3,(H,20,21)/b9-7-. The Hall–Kier alpha value is -2.27. The number of anilines is 1. The van der Waals surface area contributed by atoms with Crippen LogP contribution in [0.3, 0.4) is 0 Å². The Morgan fingerprint density at radius 2 is 2.22 bits per heavy atom. The van der Waals surface area contributed by atoms with E-state index in [1.807, 2.05) is 19.9 Å². The van der Waals surface area contributed by atoms with Crippen LogP contribution in [0.2, 0.25) is 0 Å². The van der Waals surface area contributed by atoms with Crippen molar-refractivity contribution in [3.63, 3.8) is 0 Å². The van der Waals surface area contributed by atoms with Gasteiger partial charge in [0.1, 0.15) is 12.4 Å². The maximum Gasteiger partial charge on any atom is 0.244 e. The maximum absolute atomic E-state index is 11.7. The quantitative estimate of drug-likeness (QED) is 0.301. The summed E-state index contributed by atoms with van der Waals surface area (Å²) >= 11 is 0. The summed E-state index contributed by atoms with van der Waals surface area (Å²) in [5, 5.41) is 2.81. The molecular formula is C18H26N2O3. The lowest BCUT2D eigenvalue weighted by Gasteiger charge is -2.08. The van der Waals surface area contributed by atoms with Crippen molar-refractivity contribution in [2.24, 2.45) is 0 Å². The fourth-order valence-electron chi connectivity index (χ4n) is 1.78. The van der Waals surface area contributed by atoms with E-state index in [0.717, 1.165) is 12.0 Å². The second kappa shape index (κ2) is 10.5. The van der Waals surface area contributed by atoms with E-state index in [1.54, 1.807) is 24.3 Å². The fourth-order valence-corrected chi connectivity index (χ4v) is 1.78. The highest BCUT2D eigenvalue weighted by molar-refractivity contribution is 5.91. The zero-order chi connectivity index (χ0) is 17.1. The van der Waals surface area contributed by atoms with E-state index < -0.39 is 0 Å². The van der Waals surface area contributed by atoms with Crippen LogP contribution in [0, 0.1) is 0 Å². The van der Waals surface area contributed by atoms with Gasteiger partial charge in [0, 0.05) is 19.2 Å². The predicted octanol–water partition coefficient (Wildman–Crippen LogP) is 2.78. The van der Waals surface area contributed by atoms with Gasteiger partial charge in [-0.1, -0.05) is 18.7 Å². The Labute approximate surface area is 138 Å². The van der Waals surface area contributed by atoms with Crippen molar-refractivity contribution in [3.05, 3.63) is 42.5 Å². The second-order valence-corrected chi connectivity index (χ2v) is 5.29. The monoisotopic (exact) mass is 318 g/mol. The van der Waals surface area contributed by atoms with Gasteiger partial charge in [0.2, 0.25) is 5.91 Å². The van der Waals surface area contributed by atoms with Gasteiger partial charge in [-0.05, 0) is 44.0 Å². The van der Waals surface area contributed by atoms with Crippen molar-refractivity contribution in [1.29, 1.82) is 0 Å². The molecule has 0 aromatic heterocycles. The molecule has 1 rings (SSSR count). The number of hydrogen-bond donors (Lipinski definition) is 2. The van der Waals surface area contributed by atoms with Crippen molar-refractivity contribution in [3.8, 4) is 5.75 Å². The second-order valence-electron chi connectivity index (χ2n) is 5.29. The van der Waals surface area contributed by atoms with Gasteiger partial charge >= 0.3 is 0 Å². The van der Waals surface area contributed by atoms with Gasteiger partial charge in [-0.25, -0.2) is 0 Å². The molecule has 1 aromatic rings. The number of carbonyl (C=O) groups excluding carboxylic acids is 1. The largest absolute Gasteiger partial charge is 0.487 e. The van der Waals surface area contributed by atoms with Gasteiger partial charge in [-0.15, -0.1) is 0 Å². The summed E-state index contributed by atoms with van der Waals surface area (Å²) in [5.41, 5.74) is 7.27. The molecule has 23 heavy (non-hydrogen) atoms. The lowest BCUT2D eigenvalue weighted by molar-refractivity contribution is -0.116. The molecular weight excluding hydrogens is 292 g/mol. The van der Waals surface area contributed by atoms with E-state index in [0.29, 0.717) is 31.2 Å². The molecule has 0 aliphatic carbocycles. The minimum Gasteiger partial charge on any atom is -0.487 e. The third kappa shape index (κ3) is 8.07. The number of hydrogen-bond acceptors (Lipinski definition) is 4. The number of nitrogens with two attached hydrogens (primary N) is 1. The molecule has 126 valence electrons. The van der Waals surface area contributed by atoms with E-state index >= 15 is 0 Å². The molecule has 0 radical (unpaired) electrons. The summed E-state index contributed by atoms with van der Waals surface area (Å²) < 4.78 is 10.8. The molecule has 5 nitrogen and oxygen atoms in total. The highest BCUT2D eigenvalue weighted by Gasteiger charge is 2.01. The minimum absolute atomic E-state index is 0.139. The molecule has 0 atom stereocenters. The highest BCUT2D eigenvalue weighted by atomic mass is 16.5. The molecule has 0 saturated carbocycles. The van der Waals surface area contributed by atoms with Crippen LogP contribution in [-0.2, 0) is 9.53 Å². The number of amides is 1. The SMILES string of the molecule is C=CCOc1ccc(/C=C\C(=O)NCCCOC(C)C)cc1N. The number of carbonyl (C=O) groups is 1. The first-order chi connectivity index (χ1) is 11.0. The third-order valence-electron chi connectivity index (χ3n) is 2.89. The maximum atomic E-state index is 11.7. The van der Waals surface area contributed by atoms with Crippen LogP contribution in [0.4, 0.5) is 5.69 Å². The van der Waals surface area contributed by atoms with Gasteiger partial charge in [-0.3, -0.25) is 4.79 Å². The van der Waals surface area contributed by atoms with Gasteiger partial charge < -0.3 is 20.5 Å². The summed E-state index contributed by atoms with van der Waals surface area (Å²) in [4.78, 5) is 11.7. The number of ether oxygens (including phenoxy) is 2. The molecule has 0 aliphatic heterocycles. The van der Waals surface area contributed by atoms with E-state index in [2.05, 4.69) is 11.9 Å². The Morgan fingerprint density at radius 3 is 2.87 bits per heavy atom. The van der Waals surface area contributed by atoms with E-state index in [1.165, 1.54) is 6.08 Å². The molecule has 0 saturated heterocycles. The molecule has 5 heteroatoms. The predicted molar refractivity (Wildman–Crippen MR) is 94.3 cm³/mol. The van der Waals surface area contributed by atoms with Crippen LogP contribution < -0.4 is 15.8 Å². The molecule has 0 fully saturated rings. The average molecular weight is 318 g/mol. The minimum atomic E-state index is -0.139. The van der Waals surface area contributed by atoms with Gasteiger partial charge in [0.25, 0.3) is 0 Å². The first-order valence-electron chi connectivity index (χ1n) is 7.73. The van der Waals surface area contributed by atoms with Crippen molar-refractivity contribution < 1.29 is 14.3 Å². The van der Waals surface area contributed by atoms with Crippen LogP contribution in [0.1, 0.15) is 25.8 Å². The Morgan fingerprint density at radius 1 is 1.43 bits per heavy atom. The smallest absolute Gasteiger partial charge is 0.244 e. The van der Waals surface area contributed by atoms with Crippen molar-refractivity contribution in [2.45, 2.75) is 26.4 Å². The number of rotatable bonds is 10. The van der Waals surface area contributed by atoms with Crippen molar-refractivity contribution in [1.82, 2.24) is 5.32 Å². The Balaban J connectivity index is 2.39. The summed E-state index contributed by atoms with van der Waals surface area (Å²) in [5.74, 6) is 0.469. The summed E-state index contributed by atoms with van der Waals surface area (Å²) in [6.07, 6.45) is 5.87. The fraction of sp³-hybridized carbons (Fsp3) is 0.389. The van der Waals surface area contributed by atoms with Crippen molar-refractivity contribution in [2.75, 3.05) is 25.5 Å². The van der Waals surface area contributed by atoms with Gasteiger partial charge in [0.05, 0.1) is 11.8 Å². The van der Waals surface area contributed by atoms with Crippen molar-refractivity contribution >= 4 is 17.7 Å². The molecule has 0 spiro atoms. The third-order valence-corrected chi connectivity index (χ3v) is 2.89. The van der Waals surface area contributed by atoms with Crippen LogP contribution in [0.25, 0.3) is 6.08 Å². The Bertz CT molecular complexity index is 539. The molecule has 1 aromatic carbocycles. The van der Waals surface area contributed by atoms with E-state index in [-0.39, 0.29) is 12.0 Å². The number of benzene rings is 1. The number of nitrogen functional groups attached to an aromatic ring is 1. The van der Waals surface area contributed by atoms with E-state index in [4.69, 9.17) is 15.2 Å². The molecule has 0 bridgehead atoms. The van der Waals surface area contributed by atoms with Gasteiger partial charge in [-0.2, -0.15) is 0 Å². The molecule has 0 aliphatic rings. The first kappa shape index (κ1) is 18.8. The highest BCUT2D eigenvalue weighted by Crippen LogP contribution is 2.23. The van der Waals surface area contributed by atoms with Crippen LogP contribution in [0.5, 0.6) is 5.75 Å². The first-order valence-corrected chi connectivity index (χ1v) is 7.73. The zero-order valence-electron chi connectivity index (χ0n) is 13.9. The normalized spacial score (nSPS) is 10.9. The topological polar surface area (TPSA) is 73.6 Å². The lowest BCUT2D eigenvalue weighted by atomic mass is 10.1. The molecule has 3 N–H and O–H groups in total. The summed E-state index contributed by atoms with van der Waals surface area (Å²) in [6.45, 7) is 9.20. The molecule has 0 heterocycles.